The highest BCUT2D eigenvalue weighted by Gasteiger charge is 2.12. The lowest BCUT2D eigenvalue weighted by molar-refractivity contribution is 0.102. The molecule has 0 aliphatic heterocycles. The third kappa shape index (κ3) is 2.48. The number of hydrogen-bond acceptors (Lipinski definition) is 3. The molecule has 1 heterocycles. The molecule has 0 aliphatic carbocycles. The number of nitrogens with one attached hydrogen (secondary N) is 1. The summed E-state index contributed by atoms with van der Waals surface area (Å²) in [5.41, 5.74) is 0.621. The Hall–Kier alpha value is -2.37. The van der Waals surface area contributed by atoms with Crippen molar-refractivity contribution in [2.24, 2.45) is 0 Å². The van der Waals surface area contributed by atoms with Crippen LogP contribution in [0.5, 0.6) is 0 Å². The summed E-state index contributed by atoms with van der Waals surface area (Å²) in [5.74, 6) is -2.08. The highest BCUT2D eigenvalue weighted by Crippen LogP contribution is 2.16. The molecule has 2 rings (SSSR count). The van der Waals surface area contributed by atoms with Gasteiger partial charge in [0, 0.05) is 12.3 Å². The maximum absolute atomic E-state index is 13.3. The predicted octanol–water partition coefficient (Wildman–Crippen LogP) is 2.32. The fraction of sp³-hybridized carbons (Fsp3) is 0.0833. The second-order valence-electron chi connectivity index (χ2n) is 3.60. The minimum Gasteiger partial charge on any atom is -0.319 e. The largest absolute Gasteiger partial charge is 0.319 e. The molecule has 0 atom stereocenters. The van der Waals surface area contributed by atoms with E-state index in [1.807, 2.05) is 0 Å². The number of carbonyl (C=O) groups is 1. The summed E-state index contributed by atoms with van der Waals surface area (Å²) in [4.78, 5) is 19.4. The molecule has 0 saturated carbocycles. The summed E-state index contributed by atoms with van der Waals surface area (Å²) in [6.07, 6.45) is 2.64. The zero-order valence-corrected chi connectivity index (χ0v) is 9.45. The van der Waals surface area contributed by atoms with Crippen molar-refractivity contribution in [1.29, 1.82) is 0 Å². The molecule has 0 fully saturated rings. The van der Waals surface area contributed by atoms with E-state index in [0.717, 1.165) is 12.1 Å². The topological polar surface area (TPSA) is 54.9 Å². The Morgan fingerprint density at radius 2 is 2.11 bits per heavy atom. The highest BCUT2D eigenvalue weighted by atomic mass is 19.1. The molecule has 2 aromatic rings. The Bertz CT molecular complexity index is 602. The fourth-order valence-corrected chi connectivity index (χ4v) is 1.39. The van der Waals surface area contributed by atoms with E-state index in [1.165, 1.54) is 12.5 Å². The first-order chi connectivity index (χ1) is 8.58. The minimum absolute atomic E-state index is 0.0929. The maximum Gasteiger partial charge on any atom is 0.259 e. The van der Waals surface area contributed by atoms with E-state index >= 15 is 0 Å². The van der Waals surface area contributed by atoms with Gasteiger partial charge in [-0.2, -0.15) is 0 Å². The lowest BCUT2D eigenvalue weighted by atomic mass is 10.2. The zero-order chi connectivity index (χ0) is 13.1. The fourth-order valence-electron chi connectivity index (χ4n) is 1.39. The summed E-state index contributed by atoms with van der Waals surface area (Å²) in [5, 5.41) is 2.33. The molecular formula is C12H9F2N3O. The number of anilines is 1. The Morgan fingerprint density at radius 3 is 2.78 bits per heavy atom. The van der Waals surface area contributed by atoms with Gasteiger partial charge in [-0.3, -0.25) is 4.79 Å². The van der Waals surface area contributed by atoms with E-state index in [2.05, 4.69) is 15.3 Å². The lowest BCUT2D eigenvalue weighted by Crippen LogP contribution is -2.15. The molecule has 92 valence electrons. The van der Waals surface area contributed by atoms with Crippen LogP contribution in [0.1, 0.15) is 16.1 Å². The SMILES string of the molecule is Cc1ncncc1C(=O)Nc1ccc(F)cc1F. The number of aromatic nitrogens is 2. The standard InChI is InChI=1S/C12H9F2N3O/c1-7-9(5-15-6-16-7)12(18)17-11-3-2-8(13)4-10(11)14/h2-6H,1H3,(H,17,18). The Kier molecular flexibility index (Phi) is 3.27. The normalized spacial score (nSPS) is 10.2. The molecular weight excluding hydrogens is 240 g/mol. The first-order valence-electron chi connectivity index (χ1n) is 5.11. The number of nitrogens with zero attached hydrogens (tertiary/aromatic N) is 2. The van der Waals surface area contributed by atoms with Gasteiger partial charge in [0.15, 0.2) is 0 Å². The summed E-state index contributed by atoms with van der Waals surface area (Å²) < 4.78 is 26.0. The van der Waals surface area contributed by atoms with Crippen molar-refractivity contribution in [1.82, 2.24) is 9.97 Å². The second kappa shape index (κ2) is 4.87. The van der Waals surface area contributed by atoms with Gasteiger partial charge in [0.05, 0.1) is 16.9 Å². The Balaban J connectivity index is 2.24. The minimum atomic E-state index is -0.835. The molecule has 0 spiro atoms. The summed E-state index contributed by atoms with van der Waals surface area (Å²) in [6, 6.07) is 2.92. The van der Waals surface area contributed by atoms with Crippen LogP contribution in [-0.2, 0) is 0 Å². The van der Waals surface area contributed by atoms with Crippen molar-refractivity contribution in [2.45, 2.75) is 6.92 Å². The van der Waals surface area contributed by atoms with Crippen LogP contribution in [0.15, 0.2) is 30.7 Å². The zero-order valence-electron chi connectivity index (χ0n) is 9.45. The molecule has 1 N–H and O–H groups in total. The van der Waals surface area contributed by atoms with Crippen LogP contribution in [-0.4, -0.2) is 15.9 Å². The van der Waals surface area contributed by atoms with Gasteiger partial charge in [-0.25, -0.2) is 18.7 Å². The third-order valence-corrected chi connectivity index (χ3v) is 2.34. The van der Waals surface area contributed by atoms with Gasteiger partial charge in [-0.15, -0.1) is 0 Å². The number of rotatable bonds is 2. The van der Waals surface area contributed by atoms with Crippen molar-refractivity contribution in [3.63, 3.8) is 0 Å². The van der Waals surface area contributed by atoms with Gasteiger partial charge in [0.1, 0.15) is 18.0 Å². The number of amides is 1. The number of hydrogen-bond donors (Lipinski definition) is 1. The van der Waals surface area contributed by atoms with Gasteiger partial charge in [0.25, 0.3) is 5.91 Å². The predicted molar refractivity (Wildman–Crippen MR) is 61.1 cm³/mol. The van der Waals surface area contributed by atoms with Gasteiger partial charge in [-0.05, 0) is 19.1 Å². The molecule has 1 amide bonds. The second-order valence-corrected chi connectivity index (χ2v) is 3.60. The van der Waals surface area contributed by atoms with E-state index in [4.69, 9.17) is 0 Å². The molecule has 0 aliphatic rings. The van der Waals surface area contributed by atoms with E-state index in [9.17, 15) is 13.6 Å². The van der Waals surface area contributed by atoms with Gasteiger partial charge < -0.3 is 5.32 Å². The number of benzene rings is 1. The summed E-state index contributed by atoms with van der Waals surface area (Å²) in [7, 11) is 0. The van der Waals surface area contributed by atoms with Crippen LogP contribution < -0.4 is 5.32 Å². The quantitative estimate of drug-likeness (QED) is 0.888. The average Bonchev–Trinajstić information content (AvgIpc) is 2.33. The van der Waals surface area contributed by atoms with Gasteiger partial charge in [-0.1, -0.05) is 0 Å². The Labute approximate surface area is 102 Å². The van der Waals surface area contributed by atoms with Crippen LogP contribution in [0.25, 0.3) is 0 Å². The van der Waals surface area contributed by atoms with Crippen molar-refractivity contribution in [3.8, 4) is 0 Å². The Morgan fingerprint density at radius 1 is 1.33 bits per heavy atom. The summed E-state index contributed by atoms with van der Waals surface area (Å²) in [6.45, 7) is 1.64. The lowest BCUT2D eigenvalue weighted by Gasteiger charge is -2.07. The maximum atomic E-state index is 13.3. The van der Waals surface area contributed by atoms with Gasteiger partial charge in [0.2, 0.25) is 0 Å². The van der Waals surface area contributed by atoms with Crippen molar-refractivity contribution in [2.75, 3.05) is 5.32 Å². The molecule has 18 heavy (non-hydrogen) atoms. The van der Waals surface area contributed by atoms with Crippen LogP contribution in [0.3, 0.4) is 0 Å². The molecule has 1 aromatic heterocycles. The third-order valence-electron chi connectivity index (χ3n) is 2.34. The first kappa shape index (κ1) is 12.1. The molecule has 0 unspecified atom stereocenters. The van der Waals surface area contributed by atoms with Crippen LogP contribution in [0, 0.1) is 18.6 Å². The smallest absolute Gasteiger partial charge is 0.259 e. The van der Waals surface area contributed by atoms with Crippen LogP contribution in [0.2, 0.25) is 0 Å². The van der Waals surface area contributed by atoms with E-state index in [1.54, 1.807) is 6.92 Å². The number of aryl methyl sites for hydroxylation is 1. The van der Waals surface area contributed by atoms with Crippen molar-refractivity contribution >= 4 is 11.6 Å². The monoisotopic (exact) mass is 249 g/mol. The molecule has 0 saturated heterocycles. The van der Waals surface area contributed by atoms with Crippen LogP contribution >= 0.6 is 0 Å². The molecule has 1 aromatic carbocycles. The van der Waals surface area contributed by atoms with Crippen molar-refractivity contribution < 1.29 is 13.6 Å². The highest BCUT2D eigenvalue weighted by molar-refractivity contribution is 6.04. The number of carbonyl (C=O) groups excluding carboxylic acids is 1. The average molecular weight is 249 g/mol. The molecule has 0 bridgehead atoms. The van der Waals surface area contributed by atoms with Crippen LogP contribution in [0.4, 0.5) is 14.5 Å². The number of halogens is 2. The van der Waals surface area contributed by atoms with E-state index in [-0.39, 0.29) is 11.3 Å². The van der Waals surface area contributed by atoms with Gasteiger partial charge >= 0.3 is 0 Å². The van der Waals surface area contributed by atoms with Crippen molar-refractivity contribution in [3.05, 3.63) is 53.6 Å². The molecule has 4 nitrogen and oxygen atoms in total. The first-order valence-corrected chi connectivity index (χ1v) is 5.11. The van der Waals surface area contributed by atoms with E-state index in [0.29, 0.717) is 11.8 Å². The summed E-state index contributed by atoms with van der Waals surface area (Å²) >= 11 is 0. The van der Waals surface area contributed by atoms with E-state index < -0.39 is 17.5 Å². The molecule has 6 heteroatoms. The molecule has 0 radical (unpaired) electrons.